The number of halogens is 1. The number of aliphatic hydroxyl groups is 1. The number of oxazole rings is 1. The summed E-state index contributed by atoms with van der Waals surface area (Å²) in [4.78, 5) is 44.0. The van der Waals surface area contributed by atoms with Gasteiger partial charge in [-0.05, 0) is 42.2 Å². The van der Waals surface area contributed by atoms with Gasteiger partial charge in [-0.25, -0.2) is 14.2 Å². The van der Waals surface area contributed by atoms with Gasteiger partial charge >= 0.3 is 5.97 Å². The van der Waals surface area contributed by atoms with E-state index in [-0.39, 0.29) is 29.2 Å². The molecular formula is C30H31FN4O7. The van der Waals surface area contributed by atoms with Crippen molar-refractivity contribution in [3.8, 4) is 5.75 Å². The lowest BCUT2D eigenvalue weighted by Crippen LogP contribution is -2.46. The molecule has 1 aromatic heterocycles. The van der Waals surface area contributed by atoms with E-state index in [2.05, 4.69) is 20.9 Å². The molecule has 4 N–H and O–H groups in total. The summed E-state index contributed by atoms with van der Waals surface area (Å²) >= 11 is 0. The van der Waals surface area contributed by atoms with Crippen molar-refractivity contribution < 1.29 is 37.8 Å². The monoisotopic (exact) mass is 578 g/mol. The molecule has 220 valence electrons. The van der Waals surface area contributed by atoms with Crippen LogP contribution in [-0.4, -0.2) is 53.9 Å². The number of carbonyl (C=O) groups is 3. The first kappa shape index (κ1) is 27.7. The molecule has 5 atom stereocenters. The summed E-state index contributed by atoms with van der Waals surface area (Å²) in [6.07, 6.45) is -0.417. The third-order valence-electron chi connectivity index (χ3n) is 8.21. The minimum absolute atomic E-state index is 0.0443. The zero-order valence-electron chi connectivity index (χ0n) is 23.5. The summed E-state index contributed by atoms with van der Waals surface area (Å²) in [7, 11) is 1.14. The Hall–Kier alpha value is -4.45. The molecule has 4 bridgehead atoms. The molecule has 0 radical (unpaired) electrons. The van der Waals surface area contributed by atoms with Crippen LogP contribution in [0.4, 0.5) is 10.1 Å². The molecule has 6 rings (SSSR count). The van der Waals surface area contributed by atoms with Crippen molar-refractivity contribution in [3.05, 3.63) is 76.3 Å². The molecule has 3 aliphatic rings. The molecule has 3 aliphatic heterocycles. The number of amides is 2. The molecular weight excluding hydrogens is 547 g/mol. The van der Waals surface area contributed by atoms with Crippen molar-refractivity contribution in [2.75, 3.05) is 19.0 Å². The summed E-state index contributed by atoms with van der Waals surface area (Å²) in [5.41, 5.74) is 0.934. The zero-order chi connectivity index (χ0) is 29.9. The number of carbonyl (C=O) groups excluding carboxylic acids is 3. The van der Waals surface area contributed by atoms with Gasteiger partial charge in [-0.15, -0.1) is 0 Å². The van der Waals surface area contributed by atoms with E-state index in [1.54, 1.807) is 12.1 Å². The van der Waals surface area contributed by atoms with Crippen molar-refractivity contribution in [1.29, 1.82) is 0 Å². The van der Waals surface area contributed by atoms with Gasteiger partial charge in [0.15, 0.2) is 23.7 Å². The zero-order valence-corrected chi connectivity index (χ0v) is 23.5. The van der Waals surface area contributed by atoms with E-state index >= 15 is 0 Å². The average molecular weight is 579 g/mol. The number of fused-ring (bicyclic) bond motifs is 4. The fraction of sp³-hybridized carbons (Fsp3) is 0.400. The van der Waals surface area contributed by atoms with E-state index in [1.165, 1.54) is 12.1 Å². The summed E-state index contributed by atoms with van der Waals surface area (Å²) in [5, 5.41) is 18.6. The number of hydrogen-bond acceptors (Lipinski definition) is 9. The Morgan fingerprint density at radius 2 is 2.00 bits per heavy atom. The molecule has 0 aliphatic carbocycles. The van der Waals surface area contributed by atoms with Crippen LogP contribution in [0, 0.1) is 17.7 Å². The number of esters is 1. The van der Waals surface area contributed by atoms with Crippen molar-refractivity contribution in [3.63, 3.8) is 0 Å². The van der Waals surface area contributed by atoms with Crippen LogP contribution in [0.3, 0.4) is 0 Å². The minimum Gasteiger partial charge on any atom is -0.469 e. The molecule has 0 saturated heterocycles. The molecule has 1 spiro atoms. The van der Waals surface area contributed by atoms with E-state index in [4.69, 9.17) is 13.9 Å². The third-order valence-corrected chi connectivity index (χ3v) is 8.21. The highest BCUT2D eigenvalue weighted by Gasteiger charge is 2.61. The fourth-order valence-corrected chi connectivity index (χ4v) is 6.06. The molecule has 3 aromatic rings. The third kappa shape index (κ3) is 4.12. The smallest absolute Gasteiger partial charge is 0.330 e. The number of methoxy groups -OCH3 is 1. The number of ether oxygens (including phenoxy) is 2. The largest absolute Gasteiger partial charge is 0.469 e. The quantitative estimate of drug-likeness (QED) is 0.335. The highest BCUT2D eigenvalue weighted by atomic mass is 19.1. The Labute approximate surface area is 240 Å². The molecule has 42 heavy (non-hydrogen) atoms. The Bertz CT molecular complexity index is 1600. The van der Waals surface area contributed by atoms with Gasteiger partial charge in [0.2, 0.25) is 11.8 Å². The number of aliphatic hydroxyl groups excluding tert-OH is 1. The Balaban J connectivity index is 1.65. The van der Waals surface area contributed by atoms with Gasteiger partial charge in [0.25, 0.3) is 5.91 Å². The number of nitrogens with zero attached hydrogens (tertiary/aromatic N) is 1. The standard InChI is InChI=1S/C30H31FN4O7/c1-13(2)22-27-35-23(26(38)32-20(12-36)28(39)40-4)24(42-27)30-17-11-16(31)6-7-19(17)33-29(30)41-21-8-5-15(10-18(21)30)9-14(3)25(37)34-22/h5-8,10-11,13-14,20,22,29,33,36H,9,12H2,1-4H3,(H,32,38)(H,34,37)/t14?,20-,22-,29+,30-/m0/s1. The van der Waals surface area contributed by atoms with Gasteiger partial charge in [-0.3, -0.25) is 9.59 Å². The highest BCUT2D eigenvalue weighted by molar-refractivity contribution is 5.97. The predicted octanol–water partition coefficient (Wildman–Crippen LogP) is 2.56. The summed E-state index contributed by atoms with van der Waals surface area (Å²) in [6, 6.07) is 7.74. The Morgan fingerprint density at radius 3 is 2.71 bits per heavy atom. The van der Waals surface area contributed by atoms with Crippen molar-refractivity contribution in [2.45, 2.75) is 50.9 Å². The van der Waals surface area contributed by atoms with E-state index < -0.39 is 53.9 Å². The molecule has 4 heterocycles. The maximum absolute atomic E-state index is 14.9. The first-order chi connectivity index (χ1) is 20.1. The van der Waals surface area contributed by atoms with Crippen LogP contribution in [-0.2, 0) is 26.2 Å². The van der Waals surface area contributed by atoms with Crippen molar-refractivity contribution >= 4 is 23.5 Å². The van der Waals surface area contributed by atoms with E-state index in [9.17, 15) is 23.9 Å². The van der Waals surface area contributed by atoms with Crippen LogP contribution in [0.5, 0.6) is 5.75 Å². The Kier molecular flexibility index (Phi) is 6.68. The van der Waals surface area contributed by atoms with Gasteiger partial charge in [-0.1, -0.05) is 32.9 Å². The second kappa shape index (κ2) is 10.1. The normalized spacial score (nSPS) is 24.3. The van der Waals surface area contributed by atoms with Crippen LogP contribution < -0.4 is 20.7 Å². The van der Waals surface area contributed by atoms with Gasteiger partial charge in [0.05, 0.1) is 13.7 Å². The second-order valence-corrected chi connectivity index (χ2v) is 11.3. The number of anilines is 1. The molecule has 1 unspecified atom stereocenters. The number of hydrogen-bond donors (Lipinski definition) is 4. The maximum Gasteiger partial charge on any atom is 0.330 e. The molecule has 0 fully saturated rings. The van der Waals surface area contributed by atoms with E-state index in [0.717, 1.165) is 12.7 Å². The lowest BCUT2D eigenvalue weighted by atomic mass is 9.72. The highest BCUT2D eigenvalue weighted by Crippen LogP contribution is 2.58. The number of rotatable bonds is 5. The lowest BCUT2D eigenvalue weighted by Gasteiger charge is -2.28. The predicted molar refractivity (Wildman–Crippen MR) is 146 cm³/mol. The minimum atomic E-state index is -1.38. The lowest BCUT2D eigenvalue weighted by molar-refractivity contribution is -0.143. The van der Waals surface area contributed by atoms with Crippen LogP contribution in [0.15, 0.2) is 40.8 Å². The second-order valence-electron chi connectivity index (χ2n) is 11.3. The van der Waals surface area contributed by atoms with Crippen LogP contribution >= 0.6 is 0 Å². The first-order valence-electron chi connectivity index (χ1n) is 13.8. The molecule has 12 heteroatoms. The molecule has 2 aromatic carbocycles. The van der Waals surface area contributed by atoms with Gasteiger partial charge in [0, 0.05) is 22.7 Å². The van der Waals surface area contributed by atoms with Gasteiger partial charge in [-0.2, -0.15) is 0 Å². The summed E-state index contributed by atoms with van der Waals surface area (Å²) < 4.78 is 32.5. The summed E-state index contributed by atoms with van der Waals surface area (Å²) in [6.45, 7) is 4.86. The fourth-order valence-electron chi connectivity index (χ4n) is 6.06. The maximum atomic E-state index is 14.9. The van der Waals surface area contributed by atoms with E-state index in [1.807, 2.05) is 32.9 Å². The Morgan fingerprint density at radius 1 is 1.21 bits per heavy atom. The van der Waals surface area contributed by atoms with Crippen LogP contribution in [0.1, 0.15) is 65.6 Å². The topological polar surface area (TPSA) is 152 Å². The first-order valence-corrected chi connectivity index (χ1v) is 13.8. The van der Waals surface area contributed by atoms with E-state index in [0.29, 0.717) is 29.0 Å². The number of nitrogens with one attached hydrogen (secondary N) is 3. The van der Waals surface area contributed by atoms with Crippen molar-refractivity contribution in [2.24, 2.45) is 11.8 Å². The average Bonchev–Trinajstić information content (AvgIpc) is 3.62. The van der Waals surface area contributed by atoms with Gasteiger partial charge in [0.1, 0.15) is 23.0 Å². The number of aromatic nitrogens is 1. The molecule has 2 amide bonds. The number of benzene rings is 2. The van der Waals surface area contributed by atoms with Crippen molar-refractivity contribution in [1.82, 2.24) is 15.6 Å². The van der Waals surface area contributed by atoms with Gasteiger partial charge < -0.3 is 34.9 Å². The van der Waals surface area contributed by atoms with Crippen LogP contribution in [0.2, 0.25) is 0 Å². The van der Waals surface area contributed by atoms with Crippen LogP contribution in [0.25, 0.3) is 0 Å². The summed E-state index contributed by atoms with van der Waals surface area (Å²) in [5.74, 6) is -2.41. The SMILES string of the molecule is COC(=O)[C@H](CO)NC(=O)c1nc2oc1[C@@]13c4cc(F)ccc4N[C@@H]1Oc1ccc(cc13)CC(C)C(=O)N[C@H]2C(C)C. The molecule has 0 saturated carbocycles. The molecule has 11 nitrogen and oxygen atoms in total.